The summed E-state index contributed by atoms with van der Waals surface area (Å²) in [6, 6.07) is 7.39. The van der Waals surface area contributed by atoms with Gasteiger partial charge in [-0.25, -0.2) is 9.80 Å². The number of furan rings is 1. The van der Waals surface area contributed by atoms with Crippen molar-refractivity contribution in [1.29, 1.82) is 0 Å². The van der Waals surface area contributed by atoms with Crippen LogP contribution in [0.1, 0.15) is 11.3 Å². The Bertz CT molecular complexity index is 870. The number of urea groups is 1. The number of amides is 3. The van der Waals surface area contributed by atoms with E-state index in [1.54, 1.807) is 31.2 Å². The molecule has 24 heavy (non-hydrogen) atoms. The molecule has 0 atom stereocenters. The smallest absolute Gasteiger partial charge is 0.344 e. The number of hydrogen-bond acceptors (Lipinski definition) is 6. The van der Waals surface area contributed by atoms with E-state index in [1.807, 2.05) is 0 Å². The molecule has 3 rings (SSSR count). The molecule has 1 aromatic carbocycles. The van der Waals surface area contributed by atoms with E-state index in [2.05, 4.69) is 10.4 Å². The molecule has 1 aromatic heterocycles. The number of carbonyl (C=O) groups excluding carboxylic acids is 2. The van der Waals surface area contributed by atoms with Gasteiger partial charge >= 0.3 is 6.03 Å². The molecule has 0 saturated carbocycles. The van der Waals surface area contributed by atoms with Crippen LogP contribution in [0.15, 0.2) is 39.9 Å². The molecule has 1 aliphatic rings. The Balaban J connectivity index is 1.84. The first-order valence-electron chi connectivity index (χ1n) is 6.95. The lowest BCUT2D eigenvalue weighted by molar-refractivity contribution is -0.385. The van der Waals surface area contributed by atoms with Gasteiger partial charge in [0.25, 0.3) is 5.69 Å². The maximum Gasteiger partial charge on any atom is 0.344 e. The first kappa shape index (κ1) is 15.4. The van der Waals surface area contributed by atoms with Gasteiger partial charge in [0.05, 0.1) is 11.1 Å². The highest BCUT2D eigenvalue weighted by molar-refractivity contribution is 6.02. The Kier molecular flexibility index (Phi) is 3.82. The molecule has 122 valence electrons. The van der Waals surface area contributed by atoms with E-state index >= 15 is 0 Å². The van der Waals surface area contributed by atoms with Gasteiger partial charge in [0, 0.05) is 17.2 Å². The third-order valence-corrected chi connectivity index (χ3v) is 3.49. The van der Waals surface area contributed by atoms with Crippen LogP contribution in [0.2, 0.25) is 0 Å². The van der Waals surface area contributed by atoms with Crippen molar-refractivity contribution in [3.8, 4) is 11.3 Å². The second kappa shape index (κ2) is 5.95. The molecule has 9 nitrogen and oxygen atoms in total. The highest BCUT2D eigenvalue weighted by Gasteiger charge is 2.26. The summed E-state index contributed by atoms with van der Waals surface area (Å²) in [5.41, 5.74) is 1.09. The van der Waals surface area contributed by atoms with E-state index in [0.29, 0.717) is 22.6 Å². The van der Waals surface area contributed by atoms with E-state index in [-0.39, 0.29) is 12.2 Å². The largest absolute Gasteiger partial charge is 0.455 e. The minimum atomic E-state index is -0.599. The highest BCUT2D eigenvalue weighted by Crippen LogP contribution is 2.30. The molecule has 0 spiro atoms. The molecule has 0 radical (unpaired) electrons. The molecule has 2 aromatic rings. The van der Waals surface area contributed by atoms with Crippen LogP contribution >= 0.6 is 0 Å². The number of hydrogen-bond donors (Lipinski definition) is 1. The average Bonchev–Trinajstić information content (AvgIpc) is 3.11. The molecule has 1 aliphatic heterocycles. The van der Waals surface area contributed by atoms with Gasteiger partial charge in [-0.05, 0) is 19.1 Å². The summed E-state index contributed by atoms with van der Waals surface area (Å²) in [5, 5.41) is 17.9. The Morgan fingerprint density at radius 2 is 2.12 bits per heavy atom. The standard InChI is InChI=1S/C15H12N4O5/c1-9-11(3-2-4-12(9)19(22)23)13-6-5-10(24-13)7-16-18-8-14(20)17-15(18)21/h2-7H,8H2,1H3,(H,17,20,21)/b16-7+. The van der Waals surface area contributed by atoms with Crippen molar-refractivity contribution in [2.45, 2.75) is 6.92 Å². The van der Waals surface area contributed by atoms with E-state index in [9.17, 15) is 19.7 Å². The van der Waals surface area contributed by atoms with Gasteiger partial charge in [-0.3, -0.25) is 20.2 Å². The fraction of sp³-hybridized carbons (Fsp3) is 0.133. The van der Waals surface area contributed by atoms with Gasteiger partial charge in [0.2, 0.25) is 5.91 Å². The van der Waals surface area contributed by atoms with Crippen LogP contribution in [0.3, 0.4) is 0 Å². The lowest BCUT2D eigenvalue weighted by Crippen LogP contribution is -2.24. The molecular weight excluding hydrogens is 316 g/mol. The van der Waals surface area contributed by atoms with Crippen LogP contribution in [-0.4, -0.2) is 34.6 Å². The lowest BCUT2D eigenvalue weighted by atomic mass is 10.1. The number of rotatable bonds is 4. The van der Waals surface area contributed by atoms with Gasteiger partial charge in [0.1, 0.15) is 18.1 Å². The summed E-state index contributed by atoms with van der Waals surface area (Å²) in [4.78, 5) is 33.0. The SMILES string of the molecule is Cc1c(-c2ccc(/C=N/N3CC(=O)NC3=O)o2)cccc1[N+](=O)[O-]. The zero-order valence-corrected chi connectivity index (χ0v) is 12.6. The molecule has 0 bridgehead atoms. The molecule has 9 heteroatoms. The van der Waals surface area contributed by atoms with Gasteiger partial charge in [-0.1, -0.05) is 12.1 Å². The lowest BCUT2D eigenvalue weighted by Gasteiger charge is -2.04. The maximum atomic E-state index is 11.4. The van der Waals surface area contributed by atoms with Gasteiger partial charge < -0.3 is 4.42 Å². The third-order valence-electron chi connectivity index (χ3n) is 3.49. The number of nitrogens with zero attached hydrogens (tertiary/aromatic N) is 3. The zero-order chi connectivity index (χ0) is 17.3. The summed E-state index contributed by atoms with van der Waals surface area (Å²) in [7, 11) is 0. The average molecular weight is 328 g/mol. The summed E-state index contributed by atoms with van der Waals surface area (Å²) in [6.45, 7) is 1.50. The van der Waals surface area contributed by atoms with Crippen molar-refractivity contribution >= 4 is 23.8 Å². The van der Waals surface area contributed by atoms with Crippen LogP contribution in [-0.2, 0) is 4.79 Å². The topological polar surface area (TPSA) is 118 Å². The minimum absolute atomic E-state index is 0.00590. The Labute approximate surface area is 135 Å². The number of hydrazone groups is 1. The van der Waals surface area contributed by atoms with E-state index in [0.717, 1.165) is 5.01 Å². The van der Waals surface area contributed by atoms with E-state index in [4.69, 9.17) is 4.42 Å². The summed E-state index contributed by atoms with van der Waals surface area (Å²) < 4.78 is 5.59. The van der Waals surface area contributed by atoms with Crippen molar-refractivity contribution in [2.75, 3.05) is 6.54 Å². The minimum Gasteiger partial charge on any atom is -0.455 e. The number of nitrogens with one attached hydrogen (secondary N) is 1. The van der Waals surface area contributed by atoms with Crippen molar-refractivity contribution in [2.24, 2.45) is 5.10 Å². The van der Waals surface area contributed by atoms with Crippen molar-refractivity contribution < 1.29 is 18.9 Å². The van der Waals surface area contributed by atoms with Crippen molar-refractivity contribution in [3.05, 3.63) is 51.8 Å². The Morgan fingerprint density at radius 1 is 1.33 bits per heavy atom. The first-order chi connectivity index (χ1) is 11.5. The number of nitro benzene ring substituents is 1. The Morgan fingerprint density at radius 3 is 2.79 bits per heavy atom. The van der Waals surface area contributed by atoms with Gasteiger partial charge in [-0.15, -0.1) is 0 Å². The quantitative estimate of drug-likeness (QED) is 0.399. The monoisotopic (exact) mass is 328 g/mol. The molecule has 1 saturated heterocycles. The summed E-state index contributed by atoms with van der Waals surface area (Å²) in [5.74, 6) is 0.368. The van der Waals surface area contributed by atoms with E-state index in [1.165, 1.54) is 12.3 Å². The maximum absolute atomic E-state index is 11.4. The van der Waals surface area contributed by atoms with Gasteiger partial charge in [-0.2, -0.15) is 5.10 Å². The predicted octanol–water partition coefficient (Wildman–Crippen LogP) is 2.05. The molecule has 0 aliphatic carbocycles. The molecule has 1 fully saturated rings. The number of nitro groups is 1. The fourth-order valence-electron chi connectivity index (χ4n) is 2.31. The van der Waals surface area contributed by atoms with Crippen LogP contribution in [0.5, 0.6) is 0 Å². The fourth-order valence-corrected chi connectivity index (χ4v) is 2.31. The number of benzene rings is 1. The Hall–Kier alpha value is -3.49. The van der Waals surface area contributed by atoms with Crippen LogP contribution in [0, 0.1) is 17.0 Å². The van der Waals surface area contributed by atoms with Crippen LogP contribution in [0.25, 0.3) is 11.3 Å². The second-order valence-corrected chi connectivity index (χ2v) is 5.06. The molecule has 0 unspecified atom stereocenters. The number of imide groups is 1. The molecule has 1 N–H and O–H groups in total. The highest BCUT2D eigenvalue weighted by atomic mass is 16.6. The van der Waals surface area contributed by atoms with E-state index < -0.39 is 16.9 Å². The van der Waals surface area contributed by atoms with Gasteiger partial charge in [0.15, 0.2) is 0 Å². The molecular formula is C15H12N4O5. The van der Waals surface area contributed by atoms with Crippen LogP contribution in [0.4, 0.5) is 10.5 Å². The van der Waals surface area contributed by atoms with Crippen molar-refractivity contribution in [1.82, 2.24) is 10.3 Å². The zero-order valence-electron chi connectivity index (χ0n) is 12.6. The number of carbonyl (C=O) groups is 2. The summed E-state index contributed by atoms with van der Waals surface area (Å²) in [6.07, 6.45) is 1.30. The summed E-state index contributed by atoms with van der Waals surface area (Å²) >= 11 is 0. The van der Waals surface area contributed by atoms with Crippen molar-refractivity contribution in [3.63, 3.8) is 0 Å². The third kappa shape index (κ3) is 2.86. The first-order valence-corrected chi connectivity index (χ1v) is 6.95. The van der Waals surface area contributed by atoms with Crippen LogP contribution < -0.4 is 5.32 Å². The normalized spacial score (nSPS) is 14.5. The second-order valence-electron chi connectivity index (χ2n) is 5.06. The molecule has 2 heterocycles. The molecule has 3 amide bonds. The predicted molar refractivity (Wildman–Crippen MR) is 83.4 cm³/mol.